The summed E-state index contributed by atoms with van der Waals surface area (Å²) in [7, 11) is 0. The van der Waals surface area contributed by atoms with Crippen molar-refractivity contribution in [2.45, 2.75) is 0 Å². The van der Waals surface area contributed by atoms with Gasteiger partial charge in [-0.25, -0.2) is 0 Å². The monoisotopic (exact) mass is 360 g/mol. The summed E-state index contributed by atoms with van der Waals surface area (Å²) in [4.78, 5) is 25.6. The van der Waals surface area contributed by atoms with Gasteiger partial charge in [0, 0.05) is 22.7 Å². The summed E-state index contributed by atoms with van der Waals surface area (Å²) >= 11 is 11.1. The van der Waals surface area contributed by atoms with Crippen LogP contribution in [0.5, 0.6) is 0 Å². The van der Waals surface area contributed by atoms with E-state index in [-0.39, 0.29) is 15.5 Å². The Bertz CT molecular complexity index is 1100. The Balaban J connectivity index is 2.12. The van der Waals surface area contributed by atoms with E-state index in [1.165, 1.54) is 24.4 Å². The molecule has 0 aliphatic rings. The van der Waals surface area contributed by atoms with Gasteiger partial charge in [0.2, 0.25) is 4.77 Å². The molecular weight excluding hydrogens is 352 g/mol. The largest absolute Gasteiger partial charge is 0.330 e. The molecule has 0 bridgehead atoms. The number of nitrogens with zero attached hydrogens (tertiary/aromatic N) is 3. The van der Waals surface area contributed by atoms with Crippen LogP contribution in [0.25, 0.3) is 10.9 Å². The molecular formula is C15H9ClN4O3S. The van der Waals surface area contributed by atoms with E-state index in [0.29, 0.717) is 16.5 Å². The molecule has 0 radical (unpaired) electrons. The first-order chi connectivity index (χ1) is 11.5. The average Bonchev–Trinajstić information content (AvgIpc) is 2.56. The quantitative estimate of drug-likeness (QED) is 0.335. The lowest BCUT2D eigenvalue weighted by Crippen LogP contribution is -2.18. The standard InChI is InChI=1S/C15H9ClN4O3S/c16-12-6-5-10(20(22)23)7-9(12)8-17-19-14(21)11-3-1-2-4-13(11)18-15(19)24/h1-8H,(H,18,24)/b17-8-. The predicted molar refractivity (Wildman–Crippen MR) is 94.5 cm³/mol. The Hall–Kier alpha value is -2.84. The van der Waals surface area contributed by atoms with Gasteiger partial charge in [-0.05, 0) is 30.4 Å². The molecule has 0 saturated carbocycles. The number of nitro groups is 1. The summed E-state index contributed by atoms with van der Waals surface area (Å²) < 4.78 is 1.11. The van der Waals surface area contributed by atoms with E-state index in [0.717, 1.165) is 4.68 Å². The van der Waals surface area contributed by atoms with Crippen molar-refractivity contribution >= 4 is 46.6 Å². The molecule has 0 spiro atoms. The van der Waals surface area contributed by atoms with Crippen LogP contribution in [0.15, 0.2) is 52.4 Å². The van der Waals surface area contributed by atoms with Crippen molar-refractivity contribution in [1.29, 1.82) is 0 Å². The normalized spacial score (nSPS) is 11.2. The smallest absolute Gasteiger partial charge is 0.282 e. The molecule has 1 heterocycles. The number of benzene rings is 2. The molecule has 9 heteroatoms. The summed E-state index contributed by atoms with van der Waals surface area (Å²) in [6.45, 7) is 0. The van der Waals surface area contributed by atoms with Gasteiger partial charge in [0.1, 0.15) is 0 Å². The molecule has 0 unspecified atom stereocenters. The first kappa shape index (κ1) is 16.0. The topological polar surface area (TPSA) is 93.3 Å². The van der Waals surface area contributed by atoms with Gasteiger partial charge in [-0.15, -0.1) is 0 Å². The molecule has 0 saturated heterocycles. The van der Waals surface area contributed by atoms with Crippen molar-refractivity contribution in [1.82, 2.24) is 9.66 Å². The zero-order valence-electron chi connectivity index (χ0n) is 12.0. The third kappa shape index (κ3) is 2.97. The third-order valence-electron chi connectivity index (χ3n) is 3.29. The van der Waals surface area contributed by atoms with E-state index in [2.05, 4.69) is 10.1 Å². The molecule has 1 N–H and O–H groups in total. The van der Waals surface area contributed by atoms with E-state index in [1.54, 1.807) is 24.3 Å². The lowest BCUT2D eigenvalue weighted by molar-refractivity contribution is -0.384. The highest BCUT2D eigenvalue weighted by Gasteiger charge is 2.09. The van der Waals surface area contributed by atoms with Crippen LogP contribution in [0.1, 0.15) is 5.56 Å². The number of rotatable bonds is 3. The number of aromatic nitrogens is 2. The van der Waals surface area contributed by atoms with Crippen LogP contribution in [-0.4, -0.2) is 20.8 Å². The number of hydrogen-bond acceptors (Lipinski definition) is 5. The molecule has 0 fully saturated rings. The second-order valence-electron chi connectivity index (χ2n) is 4.80. The number of para-hydroxylation sites is 1. The van der Waals surface area contributed by atoms with Crippen LogP contribution in [0, 0.1) is 14.9 Å². The number of hydrogen-bond donors (Lipinski definition) is 1. The molecule has 0 atom stereocenters. The van der Waals surface area contributed by atoms with Crippen molar-refractivity contribution in [3.63, 3.8) is 0 Å². The molecule has 7 nitrogen and oxygen atoms in total. The summed E-state index contributed by atoms with van der Waals surface area (Å²) in [6, 6.07) is 10.8. The van der Waals surface area contributed by atoms with Crippen molar-refractivity contribution in [2.75, 3.05) is 0 Å². The maximum absolute atomic E-state index is 12.5. The summed E-state index contributed by atoms with van der Waals surface area (Å²) in [5, 5.41) is 15.6. The summed E-state index contributed by atoms with van der Waals surface area (Å²) in [5.41, 5.74) is 0.386. The number of non-ortho nitro benzene ring substituents is 1. The van der Waals surface area contributed by atoms with Crippen molar-refractivity contribution in [3.8, 4) is 0 Å². The highest BCUT2D eigenvalue weighted by Crippen LogP contribution is 2.20. The minimum absolute atomic E-state index is 0.108. The SMILES string of the molecule is O=c1c2ccccc2[nH]c(=S)n1/N=C\c1cc([N+](=O)[O-])ccc1Cl. The molecule has 1 aromatic heterocycles. The number of H-pyrrole nitrogens is 1. The second-order valence-corrected chi connectivity index (χ2v) is 5.59. The van der Waals surface area contributed by atoms with Gasteiger partial charge in [0.05, 0.1) is 22.0 Å². The Morgan fingerprint density at radius 1 is 1.29 bits per heavy atom. The zero-order chi connectivity index (χ0) is 17.3. The maximum Gasteiger partial charge on any atom is 0.282 e. The Kier molecular flexibility index (Phi) is 4.24. The van der Waals surface area contributed by atoms with Crippen molar-refractivity contribution in [3.05, 3.63) is 78.3 Å². The van der Waals surface area contributed by atoms with Gasteiger partial charge in [-0.2, -0.15) is 9.78 Å². The fourth-order valence-electron chi connectivity index (χ4n) is 2.12. The fraction of sp³-hybridized carbons (Fsp3) is 0. The molecule has 0 aliphatic heterocycles. The second kappa shape index (κ2) is 6.34. The van der Waals surface area contributed by atoms with Gasteiger partial charge >= 0.3 is 0 Å². The van der Waals surface area contributed by atoms with Gasteiger partial charge in [-0.3, -0.25) is 14.9 Å². The zero-order valence-corrected chi connectivity index (χ0v) is 13.5. The molecule has 3 rings (SSSR count). The number of aromatic amines is 1. The van der Waals surface area contributed by atoms with Gasteiger partial charge in [-0.1, -0.05) is 23.7 Å². The molecule has 120 valence electrons. The Labute approximate surface area is 145 Å². The number of fused-ring (bicyclic) bond motifs is 1. The molecule has 2 aromatic carbocycles. The molecule has 0 aliphatic carbocycles. The van der Waals surface area contributed by atoms with Crippen molar-refractivity contribution < 1.29 is 4.92 Å². The van der Waals surface area contributed by atoms with Gasteiger partial charge in [0.15, 0.2) is 0 Å². The van der Waals surface area contributed by atoms with Gasteiger partial charge < -0.3 is 4.98 Å². The molecule has 0 amide bonds. The van der Waals surface area contributed by atoms with Crippen LogP contribution in [0.4, 0.5) is 5.69 Å². The van der Waals surface area contributed by atoms with Crippen LogP contribution < -0.4 is 5.56 Å². The van der Waals surface area contributed by atoms with Crippen LogP contribution >= 0.6 is 23.8 Å². The van der Waals surface area contributed by atoms with E-state index in [1.807, 2.05) is 0 Å². The van der Waals surface area contributed by atoms with Gasteiger partial charge in [0.25, 0.3) is 11.2 Å². The maximum atomic E-state index is 12.5. The highest BCUT2D eigenvalue weighted by molar-refractivity contribution is 7.71. The van der Waals surface area contributed by atoms with E-state index < -0.39 is 10.5 Å². The Morgan fingerprint density at radius 3 is 2.79 bits per heavy atom. The first-order valence-corrected chi connectivity index (χ1v) is 7.48. The summed E-state index contributed by atoms with van der Waals surface area (Å²) in [5.74, 6) is 0. The minimum Gasteiger partial charge on any atom is -0.330 e. The highest BCUT2D eigenvalue weighted by atomic mass is 35.5. The van der Waals surface area contributed by atoms with Crippen LogP contribution in [0.3, 0.4) is 0 Å². The third-order valence-corrected chi connectivity index (χ3v) is 3.91. The van der Waals surface area contributed by atoms with Crippen molar-refractivity contribution in [2.24, 2.45) is 5.10 Å². The molecule has 24 heavy (non-hydrogen) atoms. The van der Waals surface area contributed by atoms with Crippen LogP contribution in [0.2, 0.25) is 5.02 Å². The van der Waals surface area contributed by atoms with E-state index in [4.69, 9.17) is 23.8 Å². The Morgan fingerprint density at radius 2 is 2.04 bits per heavy atom. The number of halogens is 1. The average molecular weight is 361 g/mol. The van der Waals surface area contributed by atoms with E-state index >= 15 is 0 Å². The number of nitrogens with one attached hydrogen (secondary N) is 1. The lowest BCUT2D eigenvalue weighted by Gasteiger charge is -2.03. The number of nitro benzene ring substituents is 1. The molecule has 3 aromatic rings. The predicted octanol–water partition coefficient (Wildman–Crippen LogP) is 3.50. The minimum atomic E-state index is -0.540. The lowest BCUT2D eigenvalue weighted by atomic mass is 10.2. The first-order valence-electron chi connectivity index (χ1n) is 6.70. The van der Waals surface area contributed by atoms with Crippen LogP contribution in [-0.2, 0) is 0 Å². The fourth-order valence-corrected chi connectivity index (χ4v) is 2.53. The summed E-state index contributed by atoms with van der Waals surface area (Å²) in [6.07, 6.45) is 1.26. The van der Waals surface area contributed by atoms with E-state index in [9.17, 15) is 14.9 Å².